The molecule has 0 aromatic heterocycles. The highest BCUT2D eigenvalue weighted by atomic mass is 19.4. The molecule has 108 valence electrons. The fourth-order valence-corrected chi connectivity index (χ4v) is 2.26. The monoisotopic (exact) mass is 289 g/mol. The van der Waals surface area contributed by atoms with E-state index in [1.807, 2.05) is 6.07 Å². The molecule has 0 bridgehead atoms. The van der Waals surface area contributed by atoms with E-state index in [2.05, 4.69) is 0 Å². The maximum Gasteiger partial charge on any atom is 0.416 e. The van der Waals surface area contributed by atoms with Gasteiger partial charge in [-0.2, -0.15) is 18.4 Å². The van der Waals surface area contributed by atoms with Crippen molar-refractivity contribution >= 4 is 0 Å². The van der Waals surface area contributed by atoms with Crippen molar-refractivity contribution in [1.29, 1.82) is 5.26 Å². The summed E-state index contributed by atoms with van der Waals surface area (Å²) in [6, 6.07) is 3.84. The van der Waals surface area contributed by atoms with Crippen LogP contribution in [0.2, 0.25) is 0 Å². The molecule has 0 aliphatic carbocycles. The number of nitrogens with zero attached hydrogens (tertiary/aromatic N) is 1. The Morgan fingerprint density at radius 2 is 2.10 bits per heavy atom. The zero-order chi connectivity index (χ0) is 15.0. The van der Waals surface area contributed by atoms with Gasteiger partial charge >= 0.3 is 6.18 Å². The minimum atomic E-state index is -4.81. The Morgan fingerprint density at radius 3 is 2.60 bits per heavy atom. The summed E-state index contributed by atoms with van der Waals surface area (Å²) in [5.41, 5.74) is -3.21. The zero-order valence-corrected chi connectivity index (χ0v) is 10.2. The molecular weight excluding hydrogens is 278 g/mol. The largest absolute Gasteiger partial charge is 0.416 e. The lowest BCUT2D eigenvalue weighted by molar-refractivity contribution is -0.140. The Bertz CT molecular complexity index is 544. The van der Waals surface area contributed by atoms with Crippen LogP contribution in [0.15, 0.2) is 18.2 Å². The van der Waals surface area contributed by atoms with Gasteiger partial charge in [0.25, 0.3) is 0 Å². The number of alkyl halides is 3. The SMILES string of the molecule is N#CC1(C(O)c2ccc(F)cc2C(F)(F)F)CCOC1. The molecule has 1 aliphatic rings. The molecule has 2 atom stereocenters. The average molecular weight is 289 g/mol. The maximum absolute atomic E-state index is 13.0. The topological polar surface area (TPSA) is 53.2 Å². The van der Waals surface area contributed by atoms with Gasteiger partial charge in [0, 0.05) is 6.61 Å². The molecule has 20 heavy (non-hydrogen) atoms. The van der Waals surface area contributed by atoms with E-state index < -0.39 is 34.6 Å². The first-order chi connectivity index (χ1) is 9.30. The van der Waals surface area contributed by atoms with Crippen molar-refractivity contribution in [2.75, 3.05) is 13.2 Å². The number of aliphatic hydroxyl groups excluding tert-OH is 1. The molecule has 0 amide bonds. The normalized spacial score (nSPS) is 24.4. The number of rotatable bonds is 2. The second kappa shape index (κ2) is 5.04. The van der Waals surface area contributed by atoms with Crippen LogP contribution in [-0.4, -0.2) is 18.3 Å². The summed E-state index contributed by atoms with van der Waals surface area (Å²) in [5.74, 6) is -1.05. The minimum absolute atomic E-state index is 0.124. The Balaban J connectivity index is 2.50. The quantitative estimate of drug-likeness (QED) is 0.852. The summed E-state index contributed by atoms with van der Waals surface area (Å²) in [5, 5.41) is 19.3. The lowest BCUT2D eigenvalue weighted by Gasteiger charge is -2.27. The van der Waals surface area contributed by atoms with Gasteiger partial charge < -0.3 is 9.84 Å². The van der Waals surface area contributed by atoms with Crippen molar-refractivity contribution in [2.24, 2.45) is 5.41 Å². The van der Waals surface area contributed by atoms with Gasteiger partial charge in [-0.15, -0.1) is 0 Å². The summed E-state index contributed by atoms with van der Waals surface area (Å²) in [7, 11) is 0. The van der Waals surface area contributed by atoms with Crippen molar-refractivity contribution < 1.29 is 27.4 Å². The third kappa shape index (κ3) is 2.49. The summed E-state index contributed by atoms with van der Waals surface area (Å²) in [6.45, 7) is 0.0342. The van der Waals surface area contributed by atoms with E-state index in [9.17, 15) is 22.7 Å². The molecule has 1 aromatic rings. The Hall–Kier alpha value is -1.65. The van der Waals surface area contributed by atoms with Gasteiger partial charge in [0.2, 0.25) is 0 Å². The Kier molecular flexibility index (Phi) is 3.71. The zero-order valence-electron chi connectivity index (χ0n) is 10.2. The molecule has 3 nitrogen and oxygen atoms in total. The highest BCUT2D eigenvalue weighted by Gasteiger charge is 2.46. The molecule has 1 fully saturated rings. The van der Waals surface area contributed by atoms with Crippen LogP contribution in [0.4, 0.5) is 17.6 Å². The number of ether oxygens (including phenoxy) is 1. The van der Waals surface area contributed by atoms with Crippen LogP contribution in [0.5, 0.6) is 0 Å². The van der Waals surface area contributed by atoms with Crippen LogP contribution in [0.1, 0.15) is 23.7 Å². The van der Waals surface area contributed by atoms with Crippen molar-refractivity contribution in [3.8, 4) is 6.07 Å². The van der Waals surface area contributed by atoms with E-state index in [1.165, 1.54) is 0 Å². The van der Waals surface area contributed by atoms with Gasteiger partial charge in [0.05, 0.1) is 18.2 Å². The van der Waals surface area contributed by atoms with E-state index in [0.29, 0.717) is 6.07 Å². The number of nitriles is 1. The van der Waals surface area contributed by atoms with Crippen molar-refractivity contribution in [3.05, 3.63) is 35.1 Å². The molecule has 2 rings (SSSR count). The molecule has 1 saturated heterocycles. The maximum atomic E-state index is 13.0. The minimum Gasteiger partial charge on any atom is -0.387 e. The van der Waals surface area contributed by atoms with Crippen LogP contribution < -0.4 is 0 Å². The second-order valence-corrected chi connectivity index (χ2v) is 4.70. The first-order valence-electron chi connectivity index (χ1n) is 5.84. The van der Waals surface area contributed by atoms with Crippen molar-refractivity contribution in [1.82, 2.24) is 0 Å². The lowest BCUT2D eigenvalue weighted by atomic mass is 9.78. The predicted molar refractivity (Wildman–Crippen MR) is 59.8 cm³/mol. The summed E-state index contributed by atoms with van der Waals surface area (Å²) < 4.78 is 56.8. The Morgan fingerprint density at radius 1 is 1.40 bits per heavy atom. The fraction of sp³-hybridized carbons (Fsp3) is 0.462. The van der Waals surface area contributed by atoms with E-state index in [1.54, 1.807) is 0 Å². The number of hydrogen-bond donors (Lipinski definition) is 1. The summed E-state index contributed by atoms with van der Waals surface area (Å²) in [6.07, 6.45) is -6.37. The number of halogens is 4. The van der Waals surface area contributed by atoms with Gasteiger partial charge in [-0.05, 0) is 24.1 Å². The van der Waals surface area contributed by atoms with E-state index in [0.717, 1.165) is 12.1 Å². The number of aliphatic hydroxyl groups is 1. The second-order valence-electron chi connectivity index (χ2n) is 4.70. The number of benzene rings is 1. The van der Waals surface area contributed by atoms with Crippen molar-refractivity contribution in [3.63, 3.8) is 0 Å². The smallest absolute Gasteiger partial charge is 0.387 e. The van der Waals surface area contributed by atoms with Gasteiger partial charge in [0.1, 0.15) is 17.3 Å². The molecule has 0 saturated carbocycles. The van der Waals surface area contributed by atoms with Crippen LogP contribution in [-0.2, 0) is 10.9 Å². The number of hydrogen-bond acceptors (Lipinski definition) is 3. The molecule has 1 N–H and O–H groups in total. The fourth-order valence-electron chi connectivity index (χ4n) is 2.26. The molecule has 2 unspecified atom stereocenters. The van der Waals surface area contributed by atoms with E-state index >= 15 is 0 Å². The molecule has 7 heteroatoms. The van der Waals surface area contributed by atoms with Gasteiger partial charge in [0.15, 0.2) is 0 Å². The molecule has 0 radical (unpaired) electrons. The van der Waals surface area contributed by atoms with Gasteiger partial charge in [-0.1, -0.05) is 6.07 Å². The van der Waals surface area contributed by atoms with Gasteiger partial charge in [-0.3, -0.25) is 0 Å². The summed E-state index contributed by atoms with van der Waals surface area (Å²) in [4.78, 5) is 0. The molecular formula is C13H11F4NO2. The highest BCUT2D eigenvalue weighted by molar-refractivity contribution is 5.35. The lowest BCUT2D eigenvalue weighted by Crippen LogP contribution is -2.29. The van der Waals surface area contributed by atoms with E-state index in [-0.39, 0.29) is 19.6 Å². The summed E-state index contributed by atoms with van der Waals surface area (Å²) >= 11 is 0. The highest BCUT2D eigenvalue weighted by Crippen LogP contribution is 2.44. The molecule has 0 spiro atoms. The van der Waals surface area contributed by atoms with Crippen LogP contribution >= 0.6 is 0 Å². The first-order valence-corrected chi connectivity index (χ1v) is 5.84. The first kappa shape index (κ1) is 14.8. The molecule has 1 heterocycles. The standard InChI is InChI=1S/C13H11F4NO2/c14-8-1-2-9(10(5-8)13(15,16)17)11(19)12(6-18)3-4-20-7-12/h1-2,5,11,19H,3-4,7H2. The predicted octanol–water partition coefficient (Wildman–Crippen LogP) is 2.81. The molecule has 1 aromatic carbocycles. The van der Waals surface area contributed by atoms with Crippen LogP contribution in [0.25, 0.3) is 0 Å². The van der Waals surface area contributed by atoms with E-state index in [4.69, 9.17) is 10.00 Å². The molecule has 1 aliphatic heterocycles. The third-order valence-electron chi connectivity index (χ3n) is 3.41. The van der Waals surface area contributed by atoms with Crippen molar-refractivity contribution in [2.45, 2.75) is 18.7 Å². The van der Waals surface area contributed by atoms with Crippen LogP contribution in [0, 0.1) is 22.6 Å². The Labute approximate surface area is 112 Å². The van der Waals surface area contributed by atoms with Crippen LogP contribution in [0.3, 0.4) is 0 Å². The van der Waals surface area contributed by atoms with Gasteiger partial charge in [-0.25, -0.2) is 4.39 Å². The third-order valence-corrected chi connectivity index (χ3v) is 3.41. The average Bonchev–Trinajstić information content (AvgIpc) is 2.87.